The van der Waals surface area contributed by atoms with Crippen molar-refractivity contribution in [2.24, 2.45) is 0 Å². The highest BCUT2D eigenvalue weighted by Gasteiger charge is 2.28. The molecule has 5 nitrogen and oxygen atoms in total. The highest BCUT2D eigenvalue weighted by molar-refractivity contribution is 9.10. The molecule has 1 aliphatic rings. The van der Waals surface area contributed by atoms with Gasteiger partial charge in [-0.2, -0.15) is 0 Å². The number of benzene rings is 1. The minimum absolute atomic E-state index is 0.0704. The van der Waals surface area contributed by atoms with Crippen molar-refractivity contribution in [2.45, 2.75) is 13.0 Å². The molecule has 6 heteroatoms. The number of nitrogens with one attached hydrogen (secondary N) is 1. The van der Waals surface area contributed by atoms with Crippen LogP contribution in [0.3, 0.4) is 0 Å². The number of piperazine rings is 1. The molecule has 0 bridgehead atoms. The van der Waals surface area contributed by atoms with Gasteiger partial charge in [-0.15, -0.1) is 0 Å². The minimum Gasteiger partial charge on any atom is -0.492 e. The van der Waals surface area contributed by atoms with Crippen LogP contribution in [0.4, 0.5) is 0 Å². The number of halogens is 1. The number of amides is 2. The molecule has 2 rings (SSSR count). The Morgan fingerprint density at radius 3 is 2.74 bits per heavy atom. The van der Waals surface area contributed by atoms with Gasteiger partial charge in [0.05, 0.1) is 13.1 Å². The van der Waals surface area contributed by atoms with Crippen LogP contribution in [0.5, 0.6) is 5.75 Å². The van der Waals surface area contributed by atoms with Gasteiger partial charge in [0.25, 0.3) is 0 Å². The molecule has 1 aromatic rings. The van der Waals surface area contributed by atoms with Crippen molar-refractivity contribution in [2.75, 3.05) is 19.7 Å². The number of hydrogen-bond donors (Lipinski definition) is 1. The first-order valence-electron chi connectivity index (χ1n) is 6.03. The molecule has 1 unspecified atom stereocenters. The lowest BCUT2D eigenvalue weighted by atomic mass is 10.2. The number of hydrogen-bond acceptors (Lipinski definition) is 3. The zero-order valence-corrected chi connectivity index (χ0v) is 12.1. The number of carbonyl (C=O) groups is 2. The Balaban J connectivity index is 1.83. The fraction of sp³-hybridized carbons (Fsp3) is 0.385. The van der Waals surface area contributed by atoms with E-state index in [0.29, 0.717) is 13.2 Å². The Bertz CT molecular complexity index is 475. The summed E-state index contributed by atoms with van der Waals surface area (Å²) in [4.78, 5) is 24.7. The molecule has 1 saturated heterocycles. The summed E-state index contributed by atoms with van der Waals surface area (Å²) in [6.07, 6.45) is 0. The van der Waals surface area contributed by atoms with Crippen molar-refractivity contribution in [1.82, 2.24) is 10.2 Å². The molecule has 102 valence electrons. The molecule has 0 spiro atoms. The van der Waals surface area contributed by atoms with Gasteiger partial charge in [0.1, 0.15) is 18.4 Å². The molecule has 0 aliphatic carbocycles. The Kier molecular flexibility index (Phi) is 4.42. The summed E-state index contributed by atoms with van der Waals surface area (Å²) in [7, 11) is 0. The average molecular weight is 327 g/mol. The lowest BCUT2D eigenvalue weighted by molar-refractivity contribution is -0.144. The van der Waals surface area contributed by atoms with E-state index in [0.717, 1.165) is 10.2 Å². The predicted octanol–water partition coefficient (Wildman–Crippen LogP) is 1.17. The van der Waals surface area contributed by atoms with E-state index in [1.54, 1.807) is 6.92 Å². The van der Waals surface area contributed by atoms with Gasteiger partial charge in [-0.3, -0.25) is 9.59 Å². The van der Waals surface area contributed by atoms with Crippen molar-refractivity contribution >= 4 is 27.7 Å². The first-order valence-corrected chi connectivity index (χ1v) is 6.82. The molecule has 19 heavy (non-hydrogen) atoms. The van der Waals surface area contributed by atoms with Crippen LogP contribution in [0, 0.1) is 0 Å². The Morgan fingerprint density at radius 2 is 2.05 bits per heavy atom. The highest BCUT2D eigenvalue weighted by Crippen LogP contribution is 2.16. The maximum absolute atomic E-state index is 11.8. The standard InChI is InChI=1S/C13H15BrN2O3/c1-9-13(18)16(8-12(17)15-9)6-7-19-11-4-2-10(14)3-5-11/h2-5,9H,6-8H2,1H3,(H,15,17). The molecule has 0 radical (unpaired) electrons. The smallest absolute Gasteiger partial charge is 0.245 e. The molecule has 0 saturated carbocycles. The van der Waals surface area contributed by atoms with Gasteiger partial charge in [-0.05, 0) is 31.2 Å². The second-order valence-electron chi connectivity index (χ2n) is 4.35. The van der Waals surface area contributed by atoms with Gasteiger partial charge in [0.15, 0.2) is 0 Å². The zero-order valence-electron chi connectivity index (χ0n) is 10.6. The predicted molar refractivity (Wildman–Crippen MR) is 73.8 cm³/mol. The van der Waals surface area contributed by atoms with E-state index in [1.807, 2.05) is 24.3 Å². The topological polar surface area (TPSA) is 58.6 Å². The minimum atomic E-state index is -0.450. The van der Waals surface area contributed by atoms with E-state index in [4.69, 9.17) is 4.74 Å². The first-order chi connectivity index (χ1) is 9.06. The molecule has 1 fully saturated rings. The van der Waals surface area contributed by atoms with Crippen LogP contribution in [-0.2, 0) is 9.59 Å². The van der Waals surface area contributed by atoms with Crippen LogP contribution in [0.2, 0.25) is 0 Å². The molecule has 2 amide bonds. The highest BCUT2D eigenvalue weighted by atomic mass is 79.9. The van der Waals surface area contributed by atoms with Crippen molar-refractivity contribution in [3.63, 3.8) is 0 Å². The fourth-order valence-electron chi connectivity index (χ4n) is 1.87. The van der Waals surface area contributed by atoms with Crippen LogP contribution in [0.1, 0.15) is 6.92 Å². The third-order valence-electron chi connectivity index (χ3n) is 2.84. The molecule has 0 aromatic heterocycles. The zero-order chi connectivity index (χ0) is 13.8. The largest absolute Gasteiger partial charge is 0.492 e. The van der Waals surface area contributed by atoms with E-state index < -0.39 is 6.04 Å². The molecular formula is C13H15BrN2O3. The van der Waals surface area contributed by atoms with E-state index in [2.05, 4.69) is 21.2 Å². The Hall–Kier alpha value is -1.56. The van der Waals surface area contributed by atoms with E-state index in [1.165, 1.54) is 4.90 Å². The fourth-order valence-corrected chi connectivity index (χ4v) is 2.13. The van der Waals surface area contributed by atoms with Crippen molar-refractivity contribution in [3.05, 3.63) is 28.7 Å². The molecule has 1 N–H and O–H groups in total. The number of carbonyl (C=O) groups excluding carboxylic acids is 2. The van der Waals surface area contributed by atoms with E-state index in [9.17, 15) is 9.59 Å². The summed E-state index contributed by atoms with van der Waals surface area (Å²) in [5.41, 5.74) is 0. The Morgan fingerprint density at radius 1 is 1.37 bits per heavy atom. The van der Waals surface area contributed by atoms with Gasteiger partial charge in [0.2, 0.25) is 11.8 Å². The van der Waals surface area contributed by atoms with Crippen molar-refractivity contribution < 1.29 is 14.3 Å². The summed E-state index contributed by atoms with van der Waals surface area (Å²) >= 11 is 3.34. The van der Waals surface area contributed by atoms with Crippen molar-refractivity contribution in [1.29, 1.82) is 0 Å². The number of rotatable bonds is 4. The molecular weight excluding hydrogens is 312 g/mol. The number of ether oxygens (including phenoxy) is 1. The van der Waals surface area contributed by atoms with Crippen LogP contribution in [0.15, 0.2) is 28.7 Å². The summed E-state index contributed by atoms with van der Waals surface area (Å²) in [6.45, 7) is 2.56. The number of nitrogens with zero attached hydrogens (tertiary/aromatic N) is 1. The quantitative estimate of drug-likeness (QED) is 0.903. The van der Waals surface area contributed by atoms with Gasteiger partial charge >= 0.3 is 0 Å². The van der Waals surface area contributed by atoms with Crippen LogP contribution < -0.4 is 10.1 Å². The van der Waals surface area contributed by atoms with Crippen LogP contribution in [-0.4, -0.2) is 42.5 Å². The molecule has 1 heterocycles. The van der Waals surface area contributed by atoms with Gasteiger partial charge in [-0.25, -0.2) is 0 Å². The average Bonchev–Trinajstić information content (AvgIpc) is 2.37. The molecule has 1 atom stereocenters. The van der Waals surface area contributed by atoms with E-state index in [-0.39, 0.29) is 18.4 Å². The normalized spacial score (nSPS) is 19.3. The lowest BCUT2D eigenvalue weighted by Gasteiger charge is -2.30. The maximum atomic E-state index is 11.8. The summed E-state index contributed by atoms with van der Waals surface area (Å²) in [5, 5.41) is 2.60. The third-order valence-corrected chi connectivity index (χ3v) is 3.37. The summed E-state index contributed by atoms with van der Waals surface area (Å²) in [6, 6.07) is 7.01. The van der Waals surface area contributed by atoms with Gasteiger partial charge in [0, 0.05) is 4.47 Å². The van der Waals surface area contributed by atoms with Gasteiger partial charge in [-0.1, -0.05) is 15.9 Å². The van der Waals surface area contributed by atoms with Crippen molar-refractivity contribution in [3.8, 4) is 5.75 Å². The summed E-state index contributed by atoms with van der Waals surface area (Å²) in [5.74, 6) is 0.542. The molecule has 1 aliphatic heterocycles. The van der Waals surface area contributed by atoms with Crippen LogP contribution in [0.25, 0.3) is 0 Å². The van der Waals surface area contributed by atoms with Gasteiger partial charge < -0.3 is 15.0 Å². The second kappa shape index (κ2) is 6.06. The SMILES string of the molecule is CC1NC(=O)CN(CCOc2ccc(Br)cc2)C1=O. The Labute approximate surface area is 120 Å². The van der Waals surface area contributed by atoms with E-state index >= 15 is 0 Å². The second-order valence-corrected chi connectivity index (χ2v) is 5.27. The lowest BCUT2D eigenvalue weighted by Crippen LogP contribution is -2.57. The van der Waals surface area contributed by atoms with Crippen LogP contribution >= 0.6 is 15.9 Å². The first kappa shape index (κ1) is 13.9. The summed E-state index contributed by atoms with van der Waals surface area (Å²) < 4.78 is 6.52. The monoisotopic (exact) mass is 326 g/mol. The maximum Gasteiger partial charge on any atom is 0.245 e. The third kappa shape index (κ3) is 3.70. The molecule has 1 aromatic carbocycles.